The first-order valence-electron chi connectivity index (χ1n) is 5.28. The van der Waals surface area contributed by atoms with Crippen LogP contribution in [0.2, 0.25) is 0 Å². The number of Topliss-reactive ketones (excluding diaryl/α,β-unsaturated/α-hetero) is 1. The Morgan fingerprint density at radius 3 is 2.77 bits per heavy atom. The summed E-state index contributed by atoms with van der Waals surface area (Å²) in [5.74, 6) is 2.00. The molecule has 0 N–H and O–H groups in total. The van der Waals surface area contributed by atoms with Gasteiger partial charge in [-0.2, -0.15) is 11.8 Å². The summed E-state index contributed by atoms with van der Waals surface area (Å²) < 4.78 is 0.369. The molecule has 0 spiro atoms. The van der Waals surface area contributed by atoms with Crippen LogP contribution in [-0.4, -0.2) is 16.3 Å². The van der Waals surface area contributed by atoms with E-state index in [9.17, 15) is 4.79 Å². The van der Waals surface area contributed by atoms with E-state index in [2.05, 4.69) is 13.8 Å². The fraction of sp³-hybridized carbons (Fsp3) is 0.909. The van der Waals surface area contributed by atoms with Gasteiger partial charge in [0, 0.05) is 17.1 Å². The molecule has 1 aliphatic heterocycles. The average molecular weight is 200 g/mol. The van der Waals surface area contributed by atoms with Gasteiger partial charge in [0.1, 0.15) is 5.78 Å². The summed E-state index contributed by atoms with van der Waals surface area (Å²) in [6.07, 6.45) is 4.11. The molecular formula is C11H20OS. The Labute approximate surface area is 85.7 Å². The number of rotatable bonds is 3. The lowest BCUT2D eigenvalue weighted by atomic mass is 9.87. The van der Waals surface area contributed by atoms with Crippen molar-refractivity contribution >= 4 is 17.5 Å². The summed E-state index contributed by atoms with van der Waals surface area (Å²) in [5, 5.41) is 0. The zero-order valence-corrected chi connectivity index (χ0v) is 9.75. The third-order valence-corrected chi connectivity index (χ3v) is 4.74. The van der Waals surface area contributed by atoms with E-state index in [-0.39, 0.29) is 0 Å². The van der Waals surface area contributed by atoms with Gasteiger partial charge in [-0.05, 0) is 25.0 Å². The van der Waals surface area contributed by atoms with Crippen molar-refractivity contribution in [1.29, 1.82) is 0 Å². The van der Waals surface area contributed by atoms with Crippen LogP contribution in [0.15, 0.2) is 0 Å². The molecule has 1 nitrogen and oxygen atoms in total. The number of carbonyl (C=O) groups is 1. The van der Waals surface area contributed by atoms with Crippen molar-refractivity contribution in [3.63, 3.8) is 0 Å². The lowest BCUT2D eigenvalue weighted by Gasteiger charge is -2.36. The first-order chi connectivity index (χ1) is 6.11. The van der Waals surface area contributed by atoms with E-state index < -0.39 is 0 Å². The molecule has 0 amide bonds. The minimum absolute atomic E-state index is 0.358. The molecule has 0 radical (unpaired) electrons. The highest BCUT2D eigenvalue weighted by molar-refractivity contribution is 8.00. The lowest BCUT2D eigenvalue weighted by molar-refractivity contribution is -0.123. The zero-order valence-electron chi connectivity index (χ0n) is 8.93. The summed E-state index contributed by atoms with van der Waals surface area (Å²) >= 11 is 2.04. The Bertz CT molecular complexity index is 191. The summed E-state index contributed by atoms with van der Waals surface area (Å²) in [7, 11) is 0. The number of thioether (sulfide) groups is 1. The minimum atomic E-state index is 0.358. The molecular weight excluding hydrogens is 180 g/mol. The highest BCUT2D eigenvalue weighted by Crippen LogP contribution is 2.41. The predicted molar refractivity (Wildman–Crippen MR) is 59.2 cm³/mol. The van der Waals surface area contributed by atoms with Crippen LogP contribution in [0.3, 0.4) is 0 Å². The number of hydrogen-bond donors (Lipinski definition) is 0. The fourth-order valence-corrected chi connectivity index (χ4v) is 3.36. The van der Waals surface area contributed by atoms with E-state index in [1.165, 1.54) is 12.2 Å². The van der Waals surface area contributed by atoms with Crippen LogP contribution < -0.4 is 0 Å². The fourth-order valence-electron chi connectivity index (χ4n) is 1.94. The molecule has 0 aromatic carbocycles. The Balaban J connectivity index is 2.56. The van der Waals surface area contributed by atoms with E-state index in [0.717, 1.165) is 19.3 Å². The molecule has 0 aliphatic carbocycles. The summed E-state index contributed by atoms with van der Waals surface area (Å²) in [4.78, 5) is 11.6. The third kappa shape index (κ3) is 2.73. The Kier molecular flexibility index (Phi) is 3.84. The van der Waals surface area contributed by atoms with E-state index in [1.807, 2.05) is 18.7 Å². The van der Waals surface area contributed by atoms with Gasteiger partial charge in [-0.1, -0.05) is 20.8 Å². The molecule has 1 saturated heterocycles. The van der Waals surface area contributed by atoms with Gasteiger partial charge in [-0.15, -0.1) is 0 Å². The maximum Gasteiger partial charge on any atom is 0.135 e. The van der Waals surface area contributed by atoms with Crippen LogP contribution in [0.25, 0.3) is 0 Å². The molecule has 13 heavy (non-hydrogen) atoms. The van der Waals surface area contributed by atoms with E-state index in [1.54, 1.807) is 0 Å². The maximum absolute atomic E-state index is 11.6. The summed E-state index contributed by atoms with van der Waals surface area (Å²) in [6, 6.07) is 0. The summed E-state index contributed by atoms with van der Waals surface area (Å²) in [6.45, 7) is 6.51. The van der Waals surface area contributed by atoms with Crippen LogP contribution in [0.4, 0.5) is 0 Å². The van der Waals surface area contributed by atoms with Crippen molar-refractivity contribution in [1.82, 2.24) is 0 Å². The molecule has 0 unspecified atom stereocenters. The molecule has 1 fully saturated rings. The van der Waals surface area contributed by atoms with Gasteiger partial charge in [-0.3, -0.25) is 4.79 Å². The Morgan fingerprint density at radius 2 is 2.23 bits per heavy atom. The average Bonchev–Trinajstić information content (AvgIpc) is 2.17. The monoisotopic (exact) mass is 200 g/mol. The van der Waals surface area contributed by atoms with Crippen LogP contribution >= 0.6 is 11.8 Å². The van der Waals surface area contributed by atoms with Gasteiger partial charge in [0.05, 0.1) is 0 Å². The van der Waals surface area contributed by atoms with Gasteiger partial charge in [0.2, 0.25) is 0 Å². The molecule has 76 valence electrons. The first-order valence-corrected chi connectivity index (χ1v) is 6.26. The molecule has 0 bridgehead atoms. The van der Waals surface area contributed by atoms with Crippen molar-refractivity contribution in [2.24, 2.45) is 5.92 Å². The number of ketones is 1. The van der Waals surface area contributed by atoms with Gasteiger partial charge < -0.3 is 0 Å². The highest BCUT2D eigenvalue weighted by Gasteiger charge is 2.33. The standard InChI is InChI=1S/C11H20OS/c1-4-10(12)9-6-7-13-11(3,5-2)8-9/h9H,4-8H2,1-3H3/t9-,11-/m0/s1. The molecule has 0 aromatic heterocycles. The largest absolute Gasteiger partial charge is 0.299 e. The second-order valence-electron chi connectivity index (χ2n) is 4.16. The van der Waals surface area contributed by atoms with Crippen molar-refractivity contribution < 1.29 is 4.79 Å². The predicted octanol–water partition coefficient (Wildman–Crippen LogP) is 3.28. The Hall–Kier alpha value is 0.0200. The van der Waals surface area contributed by atoms with Crippen molar-refractivity contribution in [3.8, 4) is 0 Å². The molecule has 1 rings (SSSR count). The van der Waals surface area contributed by atoms with Crippen molar-refractivity contribution in [3.05, 3.63) is 0 Å². The number of carbonyl (C=O) groups excluding carboxylic acids is 1. The van der Waals surface area contributed by atoms with Crippen LogP contribution in [0.1, 0.15) is 46.5 Å². The molecule has 2 atom stereocenters. The van der Waals surface area contributed by atoms with Crippen LogP contribution in [0, 0.1) is 5.92 Å². The minimum Gasteiger partial charge on any atom is -0.299 e. The third-order valence-electron chi connectivity index (χ3n) is 3.15. The highest BCUT2D eigenvalue weighted by atomic mass is 32.2. The quantitative estimate of drug-likeness (QED) is 0.695. The molecule has 0 aromatic rings. The zero-order chi connectivity index (χ0) is 9.90. The van der Waals surface area contributed by atoms with Gasteiger partial charge in [-0.25, -0.2) is 0 Å². The van der Waals surface area contributed by atoms with Crippen LogP contribution in [0.5, 0.6) is 0 Å². The van der Waals surface area contributed by atoms with Crippen molar-refractivity contribution in [2.75, 3.05) is 5.75 Å². The van der Waals surface area contributed by atoms with E-state index >= 15 is 0 Å². The van der Waals surface area contributed by atoms with Gasteiger partial charge in [0.15, 0.2) is 0 Å². The second kappa shape index (κ2) is 4.50. The molecule has 2 heteroatoms. The van der Waals surface area contributed by atoms with E-state index in [4.69, 9.17) is 0 Å². The van der Waals surface area contributed by atoms with Crippen molar-refractivity contribution in [2.45, 2.75) is 51.2 Å². The first kappa shape index (κ1) is 11.1. The summed E-state index contributed by atoms with van der Waals surface area (Å²) in [5.41, 5.74) is 0. The molecule has 1 aliphatic rings. The smallest absolute Gasteiger partial charge is 0.135 e. The van der Waals surface area contributed by atoms with Gasteiger partial charge >= 0.3 is 0 Å². The van der Waals surface area contributed by atoms with Gasteiger partial charge in [0.25, 0.3) is 0 Å². The maximum atomic E-state index is 11.6. The van der Waals surface area contributed by atoms with Crippen LogP contribution in [-0.2, 0) is 4.79 Å². The lowest BCUT2D eigenvalue weighted by Crippen LogP contribution is -2.32. The van der Waals surface area contributed by atoms with E-state index in [0.29, 0.717) is 16.4 Å². The second-order valence-corrected chi connectivity index (χ2v) is 5.84. The Morgan fingerprint density at radius 1 is 1.54 bits per heavy atom. The number of hydrogen-bond acceptors (Lipinski definition) is 2. The normalized spacial score (nSPS) is 34.5. The molecule has 1 heterocycles. The topological polar surface area (TPSA) is 17.1 Å². The SMILES string of the molecule is CCC(=O)[C@H]1CCS[C@@](C)(CC)C1. The molecule has 0 saturated carbocycles.